The summed E-state index contributed by atoms with van der Waals surface area (Å²) in [6.45, 7) is 4.02. The third kappa shape index (κ3) is 3.90. The molecule has 0 spiro atoms. The summed E-state index contributed by atoms with van der Waals surface area (Å²) in [6, 6.07) is 5.21. The molecule has 0 aromatic heterocycles. The van der Waals surface area contributed by atoms with E-state index in [1.807, 2.05) is 13.0 Å². The lowest BCUT2D eigenvalue weighted by Crippen LogP contribution is -1.95. The van der Waals surface area contributed by atoms with Crippen LogP contribution in [0.15, 0.2) is 18.2 Å². The first-order chi connectivity index (χ1) is 6.08. The summed E-state index contributed by atoms with van der Waals surface area (Å²) in [5.41, 5.74) is 2.08. The molecule has 0 heterocycles. The molecule has 0 aliphatic heterocycles. The topological polar surface area (TPSA) is 0 Å². The minimum absolute atomic E-state index is 0.128. The zero-order valence-electron chi connectivity index (χ0n) is 7.98. The van der Waals surface area contributed by atoms with Crippen molar-refractivity contribution in [1.82, 2.24) is 0 Å². The third-order valence-corrected chi connectivity index (χ3v) is 2.39. The summed E-state index contributed by atoms with van der Waals surface area (Å²) in [6.07, 6.45) is 1.98. The Morgan fingerprint density at radius 3 is 2.62 bits per heavy atom. The van der Waals surface area contributed by atoms with Gasteiger partial charge in [0.1, 0.15) is 5.82 Å². The van der Waals surface area contributed by atoms with E-state index in [0.717, 1.165) is 24.0 Å². The molecular weight excluding hydrogens is 231 g/mol. The van der Waals surface area contributed by atoms with Crippen molar-refractivity contribution >= 4 is 15.9 Å². The Kier molecular flexibility index (Phi) is 3.91. The maximum absolute atomic E-state index is 12.9. The highest BCUT2D eigenvalue weighted by atomic mass is 79.9. The number of alkyl halides is 1. The molecular formula is C11H14BrF. The average Bonchev–Trinajstić information content (AvgIpc) is 1.99. The van der Waals surface area contributed by atoms with Crippen molar-refractivity contribution in [3.63, 3.8) is 0 Å². The molecule has 2 heteroatoms. The number of halogens is 2. The molecule has 1 aromatic carbocycles. The van der Waals surface area contributed by atoms with Crippen LogP contribution < -0.4 is 0 Å². The normalized spacial score (nSPS) is 12.9. The van der Waals surface area contributed by atoms with Gasteiger partial charge in [-0.2, -0.15) is 0 Å². The fraction of sp³-hybridized carbons (Fsp3) is 0.455. The Hall–Kier alpha value is -0.370. The van der Waals surface area contributed by atoms with E-state index < -0.39 is 0 Å². The first-order valence-electron chi connectivity index (χ1n) is 4.48. The Morgan fingerprint density at radius 2 is 2.08 bits per heavy atom. The van der Waals surface area contributed by atoms with Crippen LogP contribution in [0.25, 0.3) is 0 Å². The van der Waals surface area contributed by atoms with E-state index in [1.165, 1.54) is 0 Å². The fourth-order valence-electron chi connectivity index (χ4n) is 1.32. The van der Waals surface area contributed by atoms with Crippen LogP contribution in [0.5, 0.6) is 0 Å². The Balaban J connectivity index is 2.66. The molecule has 1 aromatic rings. The average molecular weight is 245 g/mol. The van der Waals surface area contributed by atoms with Gasteiger partial charge in [-0.3, -0.25) is 0 Å². The van der Waals surface area contributed by atoms with Crippen LogP contribution in [-0.4, -0.2) is 4.83 Å². The van der Waals surface area contributed by atoms with Crippen molar-refractivity contribution in [2.24, 2.45) is 0 Å². The molecule has 0 aliphatic carbocycles. The second-order valence-corrected chi connectivity index (χ2v) is 5.02. The van der Waals surface area contributed by atoms with E-state index in [1.54, 1.807) is 12.1 Å². The summed E-state index contributed by atoms with van der Waals surface area (Å²) in [5, 5.41) is 0. The van der Waals surface area contributed by atoms with Gasteiger partial charge in [0, 0.05) is 4.83 Å². The maximum Gasteiger partial charge on any atom is 0.123 e. The van der Waals surface area contributed by atoms with Crippen molar-refractivity contribution in [2.45, 2.75) is 31.5 Å². The number of hydrogen-bond acceptors (Lipinski definition) is 0. The molecule has 0 saturated heterocycles. The van der Waals surface area contributed by atoms with Crippen LogP contribution in [0.2, 0.25) is 0 Å². The predicted molar refractivity (Wildman–Crippen MR) is 57.8 cm³/mol. The van der Waals surface area contributed by atoms with Crippen LogP contribution in [0, 0.1) is 12.7 Å². The lowest BCUT2D eigenvalue weighted by Gasteiger charge is -2.04. The minimum atomic E-state index is -0.128. The second-order valence-electron chi connectivity index (χ2n) is 3.46. The lowest BCUT2D eigenvalue weighted by molar-refractivity contribution is 0.623. The largest absolute Gasteiger partial charge is 0.207 e. The van der Waals surface area contributed by atoms with E-state index in [0.29, 0.717) is 4.83 Å². The lowest BCUT2D eigenvalue weighted by atomic mass is 10.1. The third-order valence-electron chi connectivity index (χ3n) is 1.93. The molecule has 0 saturated carbocycles. The van der Waals surface area contributed by atoms with Gasteiger partial charge in [-0.1, -0.05) is 28.9 Å². The Morgan fingerprint density at radius 1 is 1.38 bits per heavy atom. The van der Waals surface area contributed by atoms with E-state index in [4.69, 9.17) is 0 Å². The van der Waals surface area contributed by atoms with Crippen LogP contribution in [0.4, 0.5) is 4.39 Å². The van der Waals surface area contributed by atoms with Gasteiger partial charge in [0.25, 0.3) is 0 Å². The summed E-state index contributed by atoms with van der Waals surface area (Å²) in [4.78, 5) is 0.496. The van der Waals surface area contributed by atoms with Crippen molar-refractivity contribution in [3.8, 4) is 0 Å². The molecule has 0 amide bonds. The maximum atomic E-state index is 12.9. The number of hydrogen-bond donors (Lipinski definition) is 0. The van der Waals surface area contributed by atoms with Crippen LogP contribution in [-0.2, 0) is 6.42 Å². The van der Waals surface area contributed by atoms with Crippen molar-refractivity contribution in [3.05, 3.63) is 35.1 Å². The van der Waals surface area contributed by atoms with Gasteiger partial charge < -0.3 is 0 Å². The Bertz CT molecular complexity index is 261. The molecule has 0 bridgehead atoms. The van der Waals surface area contributed by atoms with Gasteiger partial charge in [0.05, 0.1) is 0 Å². The fourth-order valence-corrected chi connectivity index (χ4v) is 1.55. The van der Waals surface area contributed by atoms with E-state index in [9.17, 15) is 4.39 Å². The molecule has 0 radical (unpaired) electrons. The SMILES string of the molecule is Cc1cc(F)cc(CCC(C)Br)c1. The standard InChI is InChI=1S/C11H14BrF/c1-8-5-10(4-3-9(2)12)7-11(13)6-8/h5-7,9H,3-4H2,1-2H3. The van der Waals surface area contributed by atoms with Crippen LogP contribution in [0.3, 0.4) is 0 Å². The highest BCUT2D eigenvalue weighted by Gasteiger charge is 2.00. The Labute approximate surface area is 87.3 Å². The predicted octanol–water partition coefficient (Wildman–Crippen LogP) is 3.85. The number of rotatable bonds is 3. The molecule has 0 nitrogen and oxygen atoms in total. The van der Waals surface area contributed by atoms with Crippen molar-refractivity contribution < 1.29 is 4.39 Å². The minimum Gasteiger partial charge on any atom is -0.207 e. The molecule has 72 valence electrons. The number of benzene rings is 1. The van der Waals surface area contributed by atoms with Gasteiger partial charge in [0.2, 0.25) is 0 Å². The smallest absolute Gasteiger partial charge is 0.123 e. The van der Waals surface area contributed by atoms with Gasteiger partial charge in [-0.25, -0.2) is 4.39 Å². The second kappa shape index (κ2) is 4.75. The first kappa shape index (κ1) is 10.7. The van der Waals surface area contributed by atoms with Gasteiger partial charge in [-0.15, -0.1) is 0 Å². The summed E-state index contributed by atoms with van der Waals surface area (Å²) >= 11 is 3.48. The molecule has 1 atom stereocenters. The zero-order valence-corrected chi connectivity index (χ0v) is 9.57. The van der Waals surface area contributed by atoms with Crippen LogP contribution >= 0.6 is 15.9 Å². The van der Waals surface area contributed by atoms with E-state index >= 15 is 0 Å². The highest BCUT2D eigenvalue weighted by Crippen LogP contribution is 2.13. The molecule has 0 aliphatic rings. The molecule has 1 unspecified atom stereocenters. The zero-order chi connectivity index (χ0) is 9.84. The highest BCUT2D eigenvalue weighted by molar-refractivity contribution is 9.09. The van der Waals surface area contributed by atoms with Crippen LogP contribution in [0.1, 0.15) is 24.5 Å². The summed E-state index contributed by atoms with van der Waals surface area (Å²) < 4.78 is 12.9. The molecule has 0 N–H and O–H groups in total. The van der Waals surface area contributed by atoms with Gasteiger partial charge >= 0.3 is 0 Å². The van der Waals surface area contributed by atoms with E-state index in [2.05, 4.69) is 22.9 Å². The first-order valence-corrected chi connectivity index (χ1v) is 5.39. The van der Waals surface area contributed by atoms with Gasteiger partial charge in [-0.05, 0) is 43.0 Å². The van der Waals surface area contributed by atoms with Gasteiger partial charge in [0.15, 0.2) is 0 Å². The van der Waals surface area contributed by atoms with E-state index in [-0.39, 0.29) is 5.82 Å². The molecule has 0 fully saturated rings. The molecule has 13 heavy (non-hydrogen) atoms. The molecule has 1 rings (SSSR count). The summed E-state index contributed by atoms with van der Waals surface area (Å²) in [5.74, 6) is -0.128. The summed E-state index contributed by atoms with van der Waals surface area (Å²) in [7, 11) is 0. The van der Waals surface area contributed by atoms with Crippen molar-refractivity contribution in [1.29, 1.82) is 0 Å². The number of aryl methyl sites for hydroxylation is 2. The van der Waals surface area contributed by atoms with Crippen molar-refractivity contribution in [2.75, 3.05) is 0 Å². The monoisotopic (exact) mass is 244 g/mol. The quantitative estimate of drug-likeness (QED) is 0.709.